The lowest BCUT2D eigenvalue weighted by molar-refractivity contribution is -0.122. The van der Waals surface area contributed by atoms with Crippen molar-refractivity contribution in [1.29, 1.82) is 0 Å². The fourth-order valence-corrected chi connectivity index (χ4v) is 2.47. The highest BCUT2D eigenvalue weighted by Crippen LogP contribution is 2.25. The largest absolute Gasteiger partial charge is 0.481 e. The van der Waals surface area contributed by atoms with Crippen LogP contribution in [0.5, 0.6) is 5.75 Å². The molecule has 0 saturated carbocycles. The molecule has 0 unspecified atom stereocenters. The van der Waals surface area contributed by atoms with Gasteiger partial charge in [0.2, 0.25) is 0 Å². The third kappa shape index (κ3) is 4.02. The second kappa shape index (κ2) is 7.18. The lowest BCUT2D eigenvalue weighted by Gasteiger charge is -2.17. The van der Waals surface area contributed by atoms with Crippen LogP contribution in [0, 0.1) is 6.92 Å². The maximum Gasteiger partial charge on any atom is 0.265 e. The average molecular weight is 301 g/mol. The summed E-state index contributed by atoms with van der Waals surface area (Å²) < 4.78 is 5.73. The van der Waals surface area contributed by atoms with Crippen molar-refractivity contribution < 1.29 is 9.53 Å². The molecule has 1 atom stereocenters. The number of hydrogen-bond acceptors (Lipinski definition) is 3. The van der Waals surface area contributed by atoms with E-state index in [0.717, 1.165) is 21.9 Å². The zero-order valence-electron chi connectivity index (χ0n) is 12.4. The Hall–Kier alpha value is -1.94. The van der Waals surface area contributed by atoms with Crippen molar-refractivity contribution in [3.8, 4) is 5.75 Å². The van der Waals surface area contributed by atoms with Crippen molar-refractivity contribution in [3.05, 3.63) is 54.1 Å². The van der Waals surface area contributed by atoms with Crippen molar-refractivity contribution >= 4 is 23.4 Å². The Labute approximate surface area is 129 Å². The van der Waals surface area contributed by atoms with Gasteiger partial charge in [-0.1, -0.05) is 30.3 Å². The van der Waals surface area contributed by atoms with Crippen molar-refractivity contribution in [2.45, 2.75) is 24.8 Å². The van der Waals surface area contributed by atoms with E-state index in [0.29, 0.717) is 0 Å². The standard InChI is InChI=1S/C17H19NO2S/c1-12-8-4-6-10-15(12)20-13(2)17(19)18-14-9-5-7-11-16(14)21-3/h4-11,13H,1-3H3,(H,18,19)/t13-/m0/s1. The number of nitrogens with one attached hydrogen (secondary N) is 1. The van der Waals surface area contributed by atoms with E-state index in [4.69, 9.17) is 4.74 Å². The summed E-state index contributed by atoms with van der Waals surface area (Å²) in [6.45, 7) is 3.71. The second-order valence-electron chi connectivity index (χ2n) is 4.72. The van der Waals surface area contributed by atoms with Gasteiger partial charge in [0, 0.05) is 4.90 Å². The van der Waals surface area contributed by atoms with E-state index in [9.17, 15) is 4.79 Å². The molecule has 0 radical (unpaired) electrons. The smallest absolute Gasteiger partial charge is 0.265 e. The Bertz CT molecular complexity index is 628. The van der Waals surface area contributed by atoms with E-state index >= 15 is 0 Å². The van der Waals surface area contributed by atoms with E-state index in [1.807, 2.05) is 61.7 Å². The van der Waals surface area contributed by atoms with Crippen molar-refractivity contribution in [1.82, 2.24) is 0 Å². The molecule has 3 nitrogen and oxygen atoms in total. The van der Waals surface area contributed by atoms with Gasteiger partial charge in [-0.25, -0.2) is 0 Å². The van der Waals surface area contributed by atoms with E-state index in [1.54, 1.807) is 18.7 Å². The van der Waals surface area contributed by atoms with Crippen LogP contribution in [0.1, 0.15) is 12.5 Å². The number of carbonyl (C=O) groups is 1. The topological polar surface area (TPSA) is 38.3 Å². The molecule has 0 aliphatic rings. The summed E-state index contributed by atoms with van der Waals surface area (Å²) in [5, 5.41) is 2.92. The molecular weight excluding hydrogens is 282 g/mol. The fourth-order valence-electron chi connectivity index (χ4n) is 1.91. The molecule has 0 heterocycles. The molecule has 0 bridgehead atoms. The molecule has 4 heteroatoms. The number of anilines is 1. The number of benzene rings is 2. The lowest BCUT2D eigenvalue weighted by atomic mass is 10.2. The normalized spacial score (nSPS) is 11.8. The monoisotopic (exact) mass is 301 g/mol. The van der Waals surface area contributed by atoms with E-state index in [2.05, 4.69) is 5.32 Å². The summed E-state index contributed by atoms with van der Waals surface area (Å²) in [6.07, 6.45) is 1.43. The van der Waals surface area contributed by atoms with Gasteiger partial charge in [0.15, 0.2) is 6.10 Å². The summed E-state index contributed by atoms with van der Waals surface area (Å²) >= 11 is 1.60. The number of carbonyl (C=O) groups excluding carboxylic acids is 1. The molecule has 2 aromatic carbocycles. The van der Waals surface area contributed by atoms with Crippen LogP contribution in [0.25, 0.3) is 0 Å². The molecule has 0 spiro atoms. The molecule has 1 N–H and O–H groups in total. The molecule has 0 aromatic heterocycles. The Morgan fingerprint density at radius 3 is 2.52 bits per heavy atom. The maximum absolute atomic E-state index is 12.3. The SMILES string of the molecule is CSc1ccccc1NC(=O)[C@H](C)Oc1ccccc1C. The molecule has 0 aliphatic heterocycles. The zero-order valence-corrected chi connectivity index (χ0v) is 13.2. The molecule has 0 aliphatic carbocycles. The predicted molar refractivity (Wildman–Crippen MR) is 88.1 cm³/mol. The van der Waals surface area contributed by atoms with Crippen molar-refractivity contribution in [3.63, 3.8) is 0 Å². The van der Waals surface area contributed by atoms with Crippen LogP contribution in [-0.2, 0) is 4.79 Å². The Morgan fingerprint density at radius 1 is 1.14 bits per heavy atom. The fraction of sp³-hybridized carbons (Fsp3) is 0.235. The van der Waals surface area contributed by atoms with Crippen LogP contribution in [-0.4, -0.2) is 18.3 Å². The van der Waals surface area contributed by atoms with E-state index in [1.165, 1.54) is 0 Å². The number of thioether (sulfide) groups is 1. The molecule has 0 saturated heterocycles. The highest BCUT2D eigenvalue weighted by atomic mass is 32.2. The minimum atomic E-state index is -0.555. The molecule has 1 amide bonds. The Kier molecular flexibility index (Phi) is 5.28. The van der Waals surface area contributed by atoms with Crippen LogP contribution in [0.4, 0.5) is 5.69 Å². The predicted octanol–water partition coefficient (Wildman–Crippen LogP) is 4.12. The number of para-hydroxylation sites is 2. The Balaban J connectivity index is 2.05. The number of rotatable bonds is 5. The van der Waals surface area contributed by atoms with Gasteiger partial charge in [0.25, 0.3) is 5.91 Å². The number of ether oxygens (including phenoxy) is 1. The van der Waals surface area contributed by atoms with Crippen LogP contribution >= 0.6 is 11.8 Å². The van der Waals surface area contributed by atoms with Crippen molar-refractivity contribution in [2.75, 3.05) is 11.6 Å². The van der Waals surface area contributed by atoms with Gasteiger partial charge in [-0.3, -0.25) is 4.79 Å². The number of amides is 1. The van der Waals surface area contributed by atoms with Crippen molar-refractivity contribution in [2.24, 2.45) is 0 Å². The van der Waals surface area contributed by atoms with Gasteiger partial charge in [0.05, 0.1) is 5.69 Å². The second-order valence-corrected chi connectivity index (χ2v) is 5.56. The summed E-state index contributed by atoms with van der Waals surface area (Å²) in [5.74, 6) is 0.582. The highest BCUT2D eigenvalue weighted by molar-refractivity contribution is 7.98. The summed E-state index contributed by atoms with van der Waals surface area (Å²) in [4.78, 5) is 13.3. The van der Waals surface area contributed by atoms with Crippen LogP contribution in [0.2, 0.25) is 0 Å². The van der Waals surface area contributed by atoms with Gasteiger partial charge < -0.3 is 10.1 Å². The van der Waals surface area contributed by atoms with Crippen LogP contribution in [0.15, 0.2) is 53.4 Å². The quantitative estimate of drug-likeness (QED) is 0.844. The van der Waals surface area contributed by atoms with Gasteiger partial charge in [0.1, 0.15) is 5.75 Å². The highest BCUT2D eigenvalue weighted by Gasteiger charge is 2.16. The van der Waals surface area contributed by atoms with Crippen LogP contribution in [0.3, 0.4) is 0 Å². The first-order valence-corrected chi connectivity index (χ1v) is 8.00. The summed E-state index contributed by atoms with van der Waals surface area (Å²) in [6, 6.07) is 15.4. The minimum absolute atomic E-state index is 0.153. The Morgan fingerprint density at radius 2 is 1.81 bits per heavy atom. The van der Waals surface area contributed by atoms with Gasteiger partial charge in [-0.2, -0.15) is 0 Å². The van der Waals surface area contributed by atoms with Crippen LogP contribution < -0.4 is 10.1 Å². The lowest BCUT2D eigenvalue weighted by Crippen LogP contribution is -2.30. The third-order valence-electron chi connectivity index (χ3n) is 3.13. The number of aryl methyl sites for hydroxylation is 1. The number of hydrogen-bond donors (Lipinski definition) is 1. The molecule has 21 heavy (non-hydrogen) atoms. The molecule has 110 valence electrons. The minimum Gasteiger partial charge on any atom is -0.481 e. The molecule has 2 aromatic rings. The maximum atomic E-state index is 12.3. The van der Waals surface area contributed by atoms with E-state index in [-0.39, 0.29) is 5.91 Å². The first-order chi connectivity index (χ1) is 10.1. The van der Waals surface area contributed by atoms with E-state index < -0.39 is 6.10 Å². The van der Waals surface area contributed by atoms with Gasteiger partial charge in [-0.15, -0.1) is 11.8 Å². The average Bonchev–Trinajstić information content (AvgIpc) is 2.50. The molecule has 2 rings (SSSR count). The first-order valence-electron chi connectivity index (χ1n) is 6.78. The van der Waals surface area contributed by atoms with Gasteiger partial charge in [-0.05, 0) is 43.9 Å². The molecule has 0 fully saturated rings. The molecular formula is C17H19NO2S. The summed E-state index contributed by atoms with van der Waals surface area (Å²) in [5.41, 5.74) is 1.83. The zero-order chi connectivity index (χ0) is 15.2. The summed E-state index contributed by atoms with van der Waals surface area (Å²) in [7, 11) is 0. The third-order valence-corrected chi connectivity index (χ3v) is 3.93. The first kappa shape index (κ1) is 15.4. The van der Waals surface area contributed by atoms with Gasteiger partial charge >= 0.3 is 0 Å².